The predicted octanol–water partition coefficient (Wildman–Crippen LogP) is 2.40. The van der Waals surface area contributed by atoms with Crippen LogP contribution in [0.5, 0.6) is 0 Å². The van der Waals surface area contributed by atoms with Gasteiger partial charge in [-0.05, 0) is 18.8 Å². The molecule has 1 aliphatic rings. The Morgan fingerprint density at radius 3 is 2.57 bits per heavy atom. The van der Waals surface area contributed by atoms with Crippen molar-refractivity contribution in [2.24, 2.45) is 5.92 Å². The second kappa shape index (κ2) is 2.34. The first-order valence-electron chi connectivity index (χ1n) is 3.23. The Morgan fingerprint density at radius 2 is 2.29 bits per heavy atom. The van der Waals surface area contributed by atoms with Gasteiger partial charge in [-0.2, -0.15) is 0 Å². The van der Waals surface area contributed by atoms with Crippen molar-refractivity contribution in [2.75, 3.05) is 0 Å². The van der Waals surface area contributed by atoms with Crippen LogP contribution >= 0.6 is 0 Å². The molecule has 7 heavy (non-hydrogen) atoms. The van der Waals surface area contributed by atoms with E-state index in [0.717, 1.165) is 5.92 Å². The Kier molecular flexibility index (Phi) is 1.72. The standard InChI is InChI=1S/C7H13/c1-7-5-3-2-4-6-7/h5,7H,2-4,6H2,1H3/t7-/m0/s1. The van der Waals surface area contributed by atoms with E-state index in [0.29, 0.717) is 0 Å². The van der Waals surface area contributed by atoms with Gasteiger partial charge in [0.15, 0.2) is 0 Å². The molecule has 1 fully saturated rings. The van der Waals surface area contributed by atoms with E-state index < -0.39 is 0 Å². The summed E-state index contributed by atoms with van der Waals surface area (Å²) in [5.41, 5.74) is 0. The van der Waals surface area contributed by atoms with E-state index in [4.69, 9.17) is 0 Å². The molecule has 0 nitrogen and oxygen atoms in total. The van der Waals surface area contributed by atoms with Crippen molar-refractivity contribution in [3.05, 3.63) is 6.42 Å². The SMILES string of the molecule is C[C@H]1[CH]CCCC1. The van der Waals surface area contributed by atoms with Crippen LogP contribution in [0.3, 0.4) is 0 Å². The molecule has 0 saturated heterocycles. The molecule has 41 valence electrons. The normalized spacial score (nSPS) is 25.3. The third-order valence-electron chi connectivity index (χ3n) is 1.68. The van der Waals surface area contributed by atoms with Crippen molar-refractivity contribution in [3.63, 3.8) is 0 Å². The predicted molar refractivity (Wildman–Crippen MR) is 31.9 cm³/mol. The monoisotopic (exact) mass is 97.1 g/mol. The largest absolute Gasteiger partial charge is 0.0622 e. The summed E-state index contributed by atoms with van der Waals surface area (Å²) in [5.74, 6) is 0.911. The topological polar surface area (TPSA) is 0 Å². The lowest BCUT2D eigenvalue weighted by Gasteiger charge is -2.15. The van der Waals surface area contributed by atoms with Gasteiger partial charge in [0, 0.05) is 0 Å². The second-order valence-corrected chi connectivity index (χ2v) is 2.50. The summed E-state index contributed by atoms with van der Waals surface area (Å²) in [5, 5.41) is 0. The van der Waals surface area contributed by atoms with E-state index >= 15 is 0 Å². The van der Waals surface area contributed by atoms with E-state index in [-0.39, 0.29) is 0 Å². The molecule has 0 N–H and O–H groups in total. The van der Waals surface area contributed by atoms with Crippen molar-refractivity contribution in [2.45, 2.75) is 32.6 Å². The molecule has 0 unspecified atom stereocenters. The van der Waals surface area contributed by atoms with E-state index in [1.165, 1.54) is 25.7 Å². The average Bonchev–Trinajstić information content (AvgIpc) is 1.69. The van der Waals surface area contributed by atoms with Crippen molar-refractivity contribution in [3.8, 4) is 0 Å². The lowest BCUT2D eigenvalue weighted by Crippen LogP contribution is -2.00. The summed E-state index contributed by atoms with van der Waals surface area (Å²) in [6.45, 7) is 2.30. The fraction of sp³-hybridized carbons (Fsp3) is 0.857. The minimum atomic E-state index is 0.911. The fourth-order valence-corrected chi connectivity index (χ4v) is 1.13. The minimum absolute atomic E-state index is 0.911. The molecule has 1 aliphatic carbocycles. The zero-order valence-electron chi connectivity index (χ0n) is 4.98. The van der Waals surface area contributed by atoms with E-state index in [9.17, 15) is 0 Å². The Bertz CT molecular complexity index is 42.0. The van der Waals surface area contributed by atoms with E-state index in [1.54, 1.807) is 0 Å². The zero-order valence-corrected chi connectivity index (χ0v) is 4.98. The summed E-state index contributed by atoms with van der Waals surface area (Å²) in [4.78, 5) is 0. The van der Waals surface area contributed by atoms with Gasteiger partial charge in [0.05, 0.1) is 0 Å². The maximum Gasteiger partial charge on any atom is -0.0358 e. The lowest BCUT2D eigenvalue weighted by molar-refractivity contribution is 0.476. The third-order valence-corrected chi connectivity index (χ3v) is 1.68. The smallest absolute Gasteiger partial charge is 0.0358 e. The molecule has 1 atom stereocenters. The highest BCUT2D eigenvalue weighted by Crippen LogP contribution is 2.20. The molecule has 0 aromatic rings. The summed E-state index contributed by atoms with van der Waals surface area (Å²) in [6, 6.07) is 0. The van der Waals surface area contributed by atoms with Crippen molar-refractivity contribution < 1.29 is 0 Å². The van der Waals surface area contributed by atoms with Crippen molar-refractivity contribution in [1.29, 1.82) is 0 Å². The maximum absolute atomic E-state index is 2.43. The molecule has 0 aromatic carbocycles. The van der Waals surface area contributed by atoms with Crippen LogP contribution in [0.15, 0.2) is 0 Å². The molecule has 0 bridgehead atoms. The van der Waals surface area contributed by atoms with Gasteiger partial charge in [-0.25, -0.2) is 0 Å². The lowest BCUT2D eigenvalue weighted by atomic mass is 9.91. The number of hydrogen-bond acceptors (Lipinski definition) is 0. The van der Waals surface area contributed by atoms with E-state index in [2.05, 4.69) is 13.3 Å². The Hall–Kier alpha value is 0. The third kappa shape index (κ3) is 1.50. The summed E-state index contributed by atoms with van der Waals surface area (Å²) < 4.78 is 0. The highest BCUT2D eigenvalue weighted by Gasteiger charge is 2.06. The van der Waals surface area contributed by atoms with Crippen LogP contribution in [0.4, 0.5) is 0 Å². The molecule has 1 saturated carbocycles. The molecule has 0 spiro atoms. The summed E-state index contributed by atoms with van der Waals surface area (Å²) in [7, 11) is 0. The van der Waals surface area contributed by atoms with Gasteiger partial charge >= 0.3 is 0 Å². The maximum atomic E-state index is 2.43. The van der Waals surface area contributed by atoms with Crippen LogP contribution in [0, 0.1) is 12.3 Å². The van der Waals surface area contributed by atoms with Crippen LogP contribution in [-0.2, 0) is 0 Å². The molecule has 0 heteroatoms. The Balaban J connectivity index is 2.12. The molecule has 1 rings (SSSR count). The molecule has 0 amide bonds. The minimum Gasteiger partial charge on any atom is -0.0622 e. The molecule has 1 radical (unpaired) electrons. The van der Waals surface area contributed by atoms with Gasteiger partial charge in [0.25, 0.3) is 0 Å². The quantitative estimate of drug-likeness (QED) is 0.435. The first kappa shape index (κ1) is 5.14. The Labute approximate surface area is 45.9 Å². The highest BCUT2D eigenvalue weighted by molar-refractivity contribution is 4.76. The van der Waals surface area contributed by atoms with Crippen LogP contribution in [0.1, 0.15) is 32.6 Å². The molecular weight excluding hydrogens is 84.1 g/mol. The van der Waals surface area contributed by atoms with Crippen LogP contribution in [0.2, 0.25) is 0 Å². The fourth-order valence-electron chi connectivity index (χ4n) is 1.13. The molecule has 0 heterocycles. The molecule has 0 aliphatic heterocycles. The van der Waals surface area contributed by atoms with Crippen LogP contribution < -0.4 is 0 Å². The van der Waals surface area contributed by atoms with Crippen molar-refractivity contribution >= 4 is 0 Å². The molecule has 0 aromatic heterocycles. The van der Waals surface area contributed by atoms with Gasteiger partial charge in [-0.3, -0.25) is 0 Å². The van der Waals surface area contributed by atoms with Gasteiger partial charge < -0.3 is 0 Å². The summed E-state index contributed by atoms with van der Waals surface area (Å²) in [6.07, 6.45) is 8.12. The van der Waals surface area contributed by atoms with Gasteiger partial charge in [-0.1, -0.05) is 26.2 Å². The van der Waals surface area contributed by atoms with E-state index in [1.807, 2.05) is 0 Å². The summed E-state index contributed by atoms with van der Waals surface area (Å²) >= 11 is 0. The zero-order chi connectivity index (χ0) is 5.11. The molecular formula is C7H13. The highest BCUT2D eigenvalue weighted by atomic mass is 14.1. The number of rotatable bonds is 0. The first-order valence-corrected chi connectivity index (χ1v) is 3.23. The van der Waals surface area contributed by atoms with Crippen molar-refractivity contribution in [1.82, 2.24) is 0 Å². The van der Waals surface area contributed by atoms with Crippen LogP contribution in [0.25, 0.3) is 0 Å². The van der Waals surface area contributed by atoms with Gasteiger partial charge in [0.2, 0.25) is 0 Å². The second-order valence-electron chi connectivity index (χ2n) is 2.50. The Morgan fingerprint density at radius 1 is 1.43 bits per heavy atom. The first-order chi connectivity index (χ1) is 3.39. The number of hydrogen-bond donors (Lipinski definition) is 0. The van der Waals surface area contributed by atoms with Crippen LogP contribution in [-0.4, -0.2) is 0 Å². The average molecular weight is 97.2 g/mol. The van der Waals surface area contributed by atoms with Gasteiger partial charge in [0.1, 0.15) is 0 Å². The van der Waals surface area contributed by atoms with Gasteiger partial charge in [-0.15, -0.1) is 0 Å².